The number of piperidine rings is 1. The first kappa shape index (κ1) is 14.3. The summed E-state index contributed by atoms with van der Waals surface area (Å²) in [6.07, 6.45) is 7.20. The molecule has 0 bridgehead atoms. The smallest absolute Gasteiger partial charge is 0.145 e. The summed E-state index contributed by atoms with van der Waals surface area (Å²) < 4.78 is 0. The minimum atomic E-state index is 0.408. The molecule has 0 amide bonds. The standard InChI is InChI=1S/C16H18N6/c1-12-9-18-11-15(20-12)21-14-4-6-22(7-5-14)16-3-2-13(8-17)10-19-16/h2-3,9-11,14H,4-7H2,1H3,(H,20,21). The number of rotatable bonds is 3. The van der Waals surface area contributed by atoms with Crippen molar-refractivity contribution in [3.05, 3.63) is 42.0 Å². The normalized spacial score (nSPS) is 15.4. The van der Waals surface area contributed by atoms with Gasteiger partial charge in [0.05, 0.1) is 17.5 Å². The van der Waals surface area contributed by atoms with Crippen molar-refractivity contribution >= 4 is 11.6 Å². The SMILES string of the molecule is Cc1cncc(NC2CCN(c3ccc(C#N)cn3)CC2)n1. The predicted octanol–water partition coefficient (Wildman–Crippen LogP) is 2.13. The van der Waals surface area contributed by atoms with Gasteiger partial charge >= 0.3 is 0 Å². The summed E-state index contributed by atoms with van der Waals surface area (Å²) in [5.41, 5.74) is 1.52. The van der Waals surface area contributed by atoms with Gasteiger partial charge in [0.15, 0.2) is 0 Å². The molecule has 1 N–H and O–H groups in total. The highest BCUT2D eigenvalue weighted by molar-refractivity contribution is 5.43. The fraction of sp³-hybridized carbons (Fsp3) is 0.375. The van der Waals surface area contributed by atoms with Gasteiger partial charge in [-0.05, 0) is 31.9 Å². The molecule has 3 heterocycles. The van der Waals surface area contributed by atoms with E-state index in [9.17, 15) is 0 Å². The molecule has 0 aliphatic carbocycles. The summed E-state index contributed by atoms with van der Waals surface area (Å²) in [4.78, 5) is 15.2. The van der Waals surface area contributed by atoms with Crippen LogP contribution in [0.4, 0.5) is 11.6 Å². The van der Waals surface area contributed by atoms with Gasteiger partial charge in [0.25, 0.3) is 0 Å². The monoisotopic (exact) mass is 294 g/mol. The zero-order valence-electron chi connectivity index (χ0n) is 12.5. The van der Waals surface area contributed by atoms with Crippen molar-refractivity contribution in [2.75, 3.05) is 23.3 Å². The van der Waals surface area contributed by atoms with E-state index in [1.54, 1.807) is 18.6 Å². The lowest BCUT2D eigenvalue weighted by molar-refractivity contribution is 0.522. The van der Waals surface area contributed by atoms with Crippen LogP contribution >= 0.6 is 0 Å². The molecule has 1 fully saturated rings. The minimum Gasteiger partial charge on any atom is -0.366 e. The number of aryl methyl sites for hydroxylation is 1. The predicted molar refractivity (Wildman–Crippen MR) is 84.6 cm³/mol. The largest absolute Gasteiger partial charge is 0.366 e. The lowest BCUT2D eigenvalue weighted by Gasteiger charge is -2.33. The van der Waals surface area contributed by atoms with Gasteiger partial charge in [0.2, 0.25) is 0 Å². The second-order valence-electron chi connectivity index (χ2n) is 5.47. The molecule has 2 aromatic heterocycles. The first-order valence-corrected chi connectivity index (χ1v) is 7.41. The highest BCUT2D eigenvalue weighted by Crippen LogP contribution is 2.20. The van der Waals surface area contributed by atoms with Gasteiger partial charge in [0.1, 0.15) is 17.7 Å². The van der Waals surface area contributed by atoms with Gasteiger partial charge in [-0.2, -0.15) is 5.26 Å². The van der Waals surface area contributed by atoms with E-state index in [4.69, 9.17) is 5.26 Å². The van der Waals surface area contributed by atoms with Crippen LogP contribution in [0.25, 0.3) is 0 Å². The third-order valence-electron chi connectivity index (χ3n) is 3.80. The first-order valence-electron chi connectivity index (χ1n) is 7.41. The Labute approximate surface area is 129 Å². The highest BCUT2D eigenvalue weighted by atomic mass is 15.2. The molecule has 1 aliphatic rings. The van der Waals surface area contributed by atoms with E-state index in [2.05, 4.69) is 31.2 Å². The quantitative estimate of drug-likeness (QED) is 0.934. The van der Waals surface area contributed by atoms with Crippen molar-refractivity contribution in [3.8, 4) is 6.07 Å². The summed E-state index contributed by atoms with van der Waals surface area (Å²) in [6.45, 7) is 3.82. The van der Waals surface area contributed by atoms with Crippen LogP contribution in [0.5, 0.6) is 0 Å². The Morgan fingerprint density at radius 1 is 1.23 bits per heavy atom. The van der Waals surface area contributed by atoms with E-state index in [0.29, 0.717) is 11.6 Å². The zero-order chi connectivity index (χ0) is 15.4. The number of hydrogen-bond donors (Lipinski definition) is 1. The van der Waals surface area contributed by atoms with Gasteiger partial charge in [-0.25, -0.2) is 9.97 Å². The Morgan fingerprint density at radius 2 is 2.05 bits per heavy atom. The molecule has 0 atom stereocenters. The van der Waals surface area contributed by atoms with Crippen LogP contribution in [0.1, 0.15) is 24.1 Å². The van der Waals surface area contributed by atoms with Gasteiger partial charge in [-0.1, -0.05) is 0 Å². The van der Waals surface area contributed by atoms with Crippen LogP contribution < -0.4 is 10.2 Å². The number of hydrogen-bond acceptors (Lipinski definition) is 6. The summed E-state index contributed by atoms with van der Waals surface area (Å²) in [6, 6.07) is 6.23. The Balaban J connectivity index is 1.57. The molecule has 0 spiro atoms. The Hall–Kier alpha value is -2.68. The van der Waals surface area contributed by atoms with Crippen molar-refractivity contribution in [3.63, 3.8) is 0 Å². The average Bonchev–Trinajstić information content (AvgIpc) is 2.56. The van der Waals surface area contributed by atoms with E-state index < -0.39 is 0 Å². The Morgan fingerprint density at radius 3 is 2.68 bits per heavy atom. The number of anilines is 2. The Kier molecular flexibility index (Phi) is 4.15. The van der Waals surface area contributed by atoms with Gasteiger partial charge in [-0.15, -0.1) is 0 Å². The summed E-state index contributed by atoms with van der Waals surface area (Å²) in [7, 11) is 0. The van der Waals surface area contributed by atoms with Crippen LogP contribution in [-0.2, 0) is 0 Å². The molecule has 0 saturated carbocycles. The van der Waals surface area contributed by atoms with E-state index in [-0.39, 0.29) is 0 Å². The number of pyridine rings is 1. The molecule has 22 heavy (non-hydrogen) atoms. The van der Waals surface area contributed by atoms with Crippen molar-refractivity contribution in [2.24, 2.45) is 0 Å². The second-order valence-corrected chi connectivity index (χ2v) is 5.47. The van der Waals surface area contributed by atoms with Crippen molar-refractivity contribution in [1.82, 2.24) is 15.0 Å². The molecule has 6 nitrogen and oxygen atoms in total. The first-order chi connectivity index (χ1) is 10.7. The van der Waals surface area contributed by atoms with Crippen LogP contribution in [0.2, 0.25) is 0 Å². The van der Waals surface area contributed by atoms with E-state index >= 15 is 0 Å². The van der Waals surface area contributed by atoms with E-state index in [1.165, 1.54) is 0 Å². The molecule has 0 aromatic carbocycles. The number of nitrogens with one attached hydrogen (secondary N) is 1. The molecular weight excluding hydrogens is 276 g/mol. The lowest BCUT2D eigenvalue weighted by atomic mass is 10.1. The van der Waals surface area contributed by atoms with Gasteiger partial charge in [-0.3, -0.25) is 4.98 Å². The van der Waals surface area contributed by atoms with Crippen LogP contribution in [-0.4, -0.2) is 34.1 Å². The molecule has 1 aliphatic heterocycles. The van der Waals surface area contributed by atoms with Crippen LogP contribution in [0.3, 0.4) is 0 Å². The van der Waals surface area contributed by atoms with Crippen LogP contribution in [0, 0.1) is 18.3 Å². The number of nitrogens with zero attached hydrogens (tertiary/aromatic N) is 5. The van der Waals surface area contributed by atoms with Gasteiger partial charge < -0.3 is 10.2 Å². The molecule has 1 saturated heterocycles. The van der Waals surface area contributed by atoms with Crippen molar-refractivity contribution < 1.29 is 0 Å². The Bertz CT molecular complexity index is 668. The third-order valence-corrected chi connectivity index (χ3v) is 3.80. The van der Waals surface area contributed by atoms with Gasteiger partial charge in [0, 0.05) is 31.5 Å². The van der Waals surface area contributed by atoms with Crippen molar-refractivity contribution in [2.45, 2.75) is 25.8 Å². The zero-order valence-corrected chi connectivity index (χ0v) is 12.5. The minimum absolute atomic E-state index is 0.408. The maximum absolute atomic E-state index is 8.81. The summed E-state index contributed by atoms with van der Waals surface area (Å²) in [5.74, 6) is 1.78. The van der Waals surface area contributed by atoms with Crippen molar-refractivity contribution in [1.29, 1.82) is 5.26 Å². The topological polar surface area (TPSA) is 77.7 Å². The number of nitriles is 1. The highest BCUT2D eigenvalue weighted by Gasteiger charge is 2.20. The molecule has 6 heteroatoms. The molecule has 2 aromatic rings. The maximum Gasteiger partial charge on any atom is 0.145 e. The maximum atomic E-state index is 8.81. The number of aromatic nitrogens is 3. The summed E-state index contributed by atoms with van der Waals surface area (Å²) >= 11 is 0. The van der Waals surface area contributed by atoms with Crippen LogP contribution in [0.15, 0.2) is 30.7 Å². The average molecular weight is 294 g/mol. The molecule has 0 unspecified atom stereocenters. The van der Waals surface area contributed by atoms with E-state index in [0.717, 1.165) is 43.3 Å². The lowest BCUT2D eigenvalue weighted by Crippen LogP contribution is -2.39. The molecular formula is C16H18N6. The fourth-order valence-corrected chi connectivity index (χ4v) is 2.63. The molecule has 0 radical (unpaired) electrons. The summed E-state index contributed by atoms with van der Waals surface area (Å²) in [5, 5.41) is 12.3. The second kappa shape index (κ2) is 6.39. The van der Waals surface area contributed by atoms with E-state index in [1.807, 2.05) is 19.1 Å². The molecule has 3 rings (SSSR count). The third kappa shape index (κ3) is 3.31. The fourth-order valence-electron chi connectivity index (χ4n) is 2.63. The molecule has 112 valence electrons.